The summed E-state index contributed by atoms with van der Waals surface area (Å²) < 4.78 is 37.2. The van der Waals surface area contributed by atoms with Gasteiger partial charge in [-0.3, -0.25) is 0 Å². The molecule has 0 spiro atoms. The Hall–Kier alpha value is -1.98. The van der Waals surface area contributed by atoms with Crippen LogP contribution in [0.3, 0.4) is 0 Å². The van der Waals surface area contributed by atoms with Crippen LogP contribution >= 0.6 is 0 Å². The van der Waals surface area contributed by atoms with E-state index in [2.05, 4.69) is 18.0 Å². The maximum absolute atomic E-state index is 12.1. The Morgan fingerprint density at radius 3 is 2.67 bits per heavy atom. The molecular weight excluding hydrogens is 343 g/mol. The zero-order valence-electron chi connectivity index (χ0n) is 10.8. The van der Waals surface area contributed by atoms with Gasteiger partial charge in [-0.1, -0.05) is 0 Å². The number of ether oxygens (including phenoxy) is 1. The van der Waals surface area contributed by atoms with Crippen molar-refractivity contribution in [3.63, 3.8) is 0 Å². The molecule has 0 bridgehead atoms. The van der Waals surface area contributed by atoms with Gasteiger partial charge in [0.05, 0.1) is 0 Å². The van der Waals surface area contributed by atoms with E-state index < -0.39 is 6.61 Å². The van der Waals surface area contributed by atoms with Crippen LogP contribution in [0.15, 0.2) is 42.5 Å². The van der Waals surface area contributed by atoms with Gasteiger partial charge in [0.2, 0.25) is 0 Å². The predicted octanol–water partition coefficient (Wildman–Crippen LogP) is 2.90. The zero-order valence-corrected chi connectivity index (χ0v) is 12.5. The zero-order chi connectivity index (χ0) is 14.7. The second kappa shape index (κ2) is 6.20. The molecule has 7 heteroatoms. The molecule has 0 unspecified atom stereocenters. The summed E-state index contributed by atoms with van der Waals surface area (Å²) in [7, 11) is 0. The Labute approximate surface area is 126 Å². The first-order chi connectivity index (χ1) is 10.2. The van der Waals surface area contributed by atoms with Crippen molar-refractivity contribution in [1.82, 2.24) is 7.96 Å². The molecular formula is C14H11F2N3OSe. The van der Waals surface area contributed by atoms with Gasteiger partial charge >= 0.3 is 125 Å². The summed E-state index contributed by atoms with van der Waals surface area (Å²) >= 11 is -0.0611. The number of anilines is 1. The number of alkyl halides is 2. The Morgan fingerprint density at radius 1 is 1.10 bits per heavy atom. The number of aromatic nitrogens is 2. The van der Waals surface area contributed by atoms with E-state index in [1.807, 2.05) is 18.2 Å². The summed E-state index contributed by atoms with van der Waals surface area (Å²) in [6.45, 7) is -2.22. The fourth-order valence-electron chi connectivity index (χ4n) is 1.93. The van der Waals surface area contributed by atoms with Crippen molar-refractivity contribution in [3.05, 3.63) is 48.0 Å². The molecule has 4 nitrogen and oxygen atoms in total. The molecule has 0 aliphatic carbocycles. The minimum absolute atomic E-state index is 0.0611. The third kappa shape index (κ3) is 3.37. The molecule has 3 aromatic rings. The summed E-state index contributed by atoms with van der Waals surface area (Å²) in [5, 5.41) is 3.29. The van der Waals surface area contributed by atoms with Crippen LogP contribution in [0.4, 0.5) is 14.5 Å². The monoisotopic (exact) mass is 355 g/mol. The fourth-order valence-corrected chi connectivity index (χ4v) is 3.09. The fraction of sp³-hybridized carbons (Fsp3) is 0.143. The van der Waals surface area contributed by atoms with Crippen molar-refractivity contribution in [2.45, 2.75) is 13.2 Å². The van der Waals surface area contributed by atoms with Gasteiger partial charge in [-0.25, -0.2) is 0 Å². The summed E-state index contributed by atoms with van der Waals surface area (Å²) in [4.78, 5) is 0. The molecule has 2 aromatic carbocycles. The number of rotatable bonds is 5. The van der Waals surface area contributed by atoms with Crippen LogP contribution in [0.5, 0.6) is 5.75 Å². The number of nitrogens with one attached hydrogen (secondary N) is 1. The van der Waals surface area contributed by atoms with Gasteiger partial charge in [0.25, 0.3) is 0 Å². The van der Waals surface area contributed by atoms with E-state index in [0.29, 0.717) is 6.54 Å². The average Bonchev–Trinajstić information content (AvgIpc) is 2.95. The second-order valence-electron chi connectivity index (χ2n) is 4.31. The molecule has 0 atom stereocenters. The van der Waals surface area contributed by atoms with E-state index in [-0.39, 0.29) is 20.7 Å². The molecule has 0 radical (unpaired) electrons. The van der Waals surface area contributed by atoms with Crippen LogP contribution in [-0.4, -0.2) is 29.5 Å². The Morgan fingerprint density at radius 2 is 1.90 bits per heavy atom. The molecule has 1 N–H and O–H groups in total. The van der Waals surface area contributed by atoms with Gasteiger partial charge in [0.15, 0.2) is 0 Å². The summed E-state index contributed by atoms with van der Waals surface area (Å²) in [5.41, 5.74) is 3.72. The van der Waals surface area contributed by atoms with E-state index >= 15 is 0 Å². The molecule has 0 aliphatic rings. The number of nitrogens with zero attached hydrogens (tertiary/aromatic N) is 2. The van der Waals surface area contributed by atoms with Crippen molar-refractivity contribution in [2.24, 2.45) is 0 Å². The molecule has 0 saturated carbocycles. The van der Waals surface area contributed by atoms with E-state index in [1.54, 1.807) is 12.1 Å². The van der Waals surface area contributed by atoms with Crippen LogP contribution in [0.2, 0.25) is 0 Å². The van der Waals surface area contributed by atoms with Crippen LogP contribution in [0.1, 0.15) is 5.56 Å². The number of hydrogen-bond acceptors (Lipinski definition) is 4. The average molecular weight is 354 g/mol. The second-order valence-corrected chi connectivity index (χ2v) is 5.42. The molecule has 0 fully saturated rings. The van der Waals surface area contributed by atoms with Crippen LogP contribution < -0.4 is 10.1 Å². The molecule has 21 heavy (non-hydrogen) atoms. The van der Waals surface area contributed by atoms with E-state index in [9.17, 15) is 8.78 Å². The van der Waals surface area contributed by atoms with E-state index in [1.165, 1.54) is 12.1 Å². The van der Waals surface area contributed by atoms with E-state index in [0.717, 1.165) is 22.3 Å². The minimum atomic E-state index is -2.80. The van der Waals surface area contributed by atoms with Crippen molar-refractivity contribution in [3.8, 4) is 5.75 Å². The molecule has 0 aliphatic heterocycles. The summed E-state index contributed by atoms with van der Waals surface area (Å²) in [6, 6.07) is 12.4. The SMILES string of the molecule is FC(F)Oc1ccc(CNc2cccc3n[se]nc23)cc1. The Bertz CT molecular complexity index is 730. The predicted molar refractivity (Wildman–Crippen MR) is 76.9 cm³/mol. The van der Waals surface area contributed by atoms with Gasteiger partial charge < -0.3 is 0 Å². The Balaban J connectivity index is 1.68. The first kappa shape index (κ1) is 14.0. The third-order valence-corrected chi connectivity index (χ3v) is 4.06. The molecule has 0 amide bonds. The van der Waals surface area contributed by atoms with Gasteiger partial charge in [-0.05, 0) is 0 Å². The third-order valence-electron chi connectivity index (χ3n) is 2.92. The molecule has 108 valence electrons. The molecule has 1 heterocycles. The molecule has 1 aromatic heterocycles. The van der Waals surface area contributed by atoms with E-state index in [4.69, 9.17) is 0 Å². The first-order valence-electron chi connectivity index (χ1n) is 6.21. The van der Waals surface area contributed by atoms with Crippen molar-refractivity contribution in [1.29, 1.82) is 0 Å². The van der Waals surface area contributed by atoms with Gasteiger partial charge in [-0.2, -0.15) is 0 Å². The molecule has 3 rings (SSSR count). The maximum atomic E-state index is 12.1. The van der Waals surface area contributed by atoms with Crippen LogP contribution in [0, 0.1) is 0 Å². The standard InChI is InChI=1S/C14H11F2N3OSe/c15-14(16)20-10-6-4-9(5-7-10)8-17-11-2-1-3-12-13(11)19-21-18-12/h1-7,14,17H,8H2. The number of halogens is 2. The van der Waals surface area contributed by atoms with Crippen molar-refractivity contribution >= 4 is 31.7 Å². The summed E-state index contributed by atoms with van der Waals surface area (Å²) in [6.07, 6.45) is 0. The quantitative estimate of drug-likeness (QED) is 0.716. The first-order valence-corrected chi connectivity index (χ1v) is 7.74. The normalized spacial score (nSPS) is 11.0. The Kier molecular flexibility index (Phi) is 4.13. The van der Waals surface area contributed by atoms with Gasteiger partial charge in [0.1, 0.15) is 0 Å². The van der Waals surface area contributed by atoms with Gasteiger partial charge in [-0.15, -0.1) is 0 Å². The number of fused-ring (bicyclic) bond motifs is 1. The number of hydrogen-bond donors (Lipinski definition) is 1. The molecule has 0 saturated heterocycles. The topological polar surface area (TPSA) is 47.0 Å². The number of benzene rings is 2. The van der Waals surface area contributed by atoms with Crippen molar-refractivity contribution < 1.29 is 13.5 Å². The van der Waals surface area contributed by atoms with Crippen LogP contribution in [-0.2, 0) is 6.54 Å². The van der Waals surface area contributed by atoms with Crippen molar-refractivity contribution in [2.75, 3.05) is 5.32 Å². The van der Waals surface area contributed by atoms with Crippen LogP contribution in [0.25, 0.3) is 11.0 Å². The van der Waals surface area contributed by atoms with Gasteiger partial charge in [0, 0.05) is 0 Å². The summed E-state index contributed by atoms with van der Waals surface area (Å²) in [5.74, 6) is 0.158.